The summed E-state index contributed by atoms with van der Waals surface area (Å²) in [5.74, 6) is 0.542. The molecule has 0 aliphatic carbocycles. The van der Waals surface area contributed by atoms with E-state index in [-0.39, 0.29) is 17.2 Å². The van der Waals surface area contributed by atoms with Crippen molar-refractivity contribution in [1.82, 2.24) is 4.72 Å². The maximum Gasteiger partial charge on any atom is 0.240 e. The van der Waals surface area contributed by atoms with Crippen molar-refractivity contribution >= 4 is 37.5 Å². The van der Waals surface area contributed by atoms with Crippen molar-refractivity contribution in [3.05, 3.63) is 53.0 Å². The van der Waals surface area contributed by atoms with E-state index in [1.807, 2.05) is 31.2 Å². The minimum Gasteiger partial charge on any atom is -0.492 e. The molecule has 28 heavy (non-hydrogen) atoms. The topological polar surface area (TPSA) is 84.5 Å². The molecule has 152 valence electrons. The fourth-order valence-electron chi connectivity index (χ4n) is 2.41. The van der Waals surface area contributed by atoms with E-state index < -0.39 is 10.0 Å². The van der Waals surface area contributed by atoms with Gasteiger partial charge in [-0.15, -0.1) is 0 Å². The molecule has 0 unspecified atom stereocenters. The Balaban J connectivity index is 1.82. The number of sulfonamides is 1. The average Bonchev–Trinajstić information content (AvgIpc) is 2.67. The minimum absolute atomic E-state index is 0.138. The van der Waals surface area contributed by atoms with Crippen molar-refractivity contribution in [3.8, 4) is 5.75 Å². The lowest BCUT2D eigenvalue weighted by molar-refractivity contribution is -0.116. The Labute approximate surface area is 174 Å². The monoisotopic (exact) mass is 468 g/mol. The lowest BCUT2D eigenvalue weighted by Crippen LogP contribution is -2.24. The van der Waals surface area contributed by atoms with Gasteiger partial charge in [0, 0.05) is 18.7 Å². The molecule has 0 saturated heterocycles. The second-order valence-electron chi connectivity index (χ2n) is 6.21. The number of unbranched alkanes of at least 4 members (excludes halogenated alkanes) is 1. The lowest BCUT2D eigenvalue weighted by atomic mass is 10.2. The summed E-state index contributed by atoms with van der Waals surface area (Å²) in [7, 11) is -3.57. The third-order valence-corrected chi connectivity index (χ3v) is 6.01. The molecule has 2 aromatic rings. The van der Waals surface area contributed by atoms with Gasteiger partial charge in [-0.25, -0.2) is 13.1 Å². The van der Waals surface area contributed by atoms with Gasteiger partial charge in [0.05, 0.1) is 16.0 Å². The van der Waals surface area contributed by atoms with Crippen molar-refractivity contribution < 1.29 is 17.9 Å². The maximum absolute atomic E-state index is 12.3. The van der Waals surface area contributed by atoms with Gasteiger partial charge in [0.1, 0.15) is 5.75 Å². The summed E-state index contributed by atoms with van der Waals surface area (Å²) in [5, 5.41) is 2.74. The van der Waals surface area contributed by atoms with Gasteiger partial charge in [0.25, 0.3) is 0 Å². The molecule has 0 fully saturated rings. The molecule has 2 rings (SSSR count). The normalized spacial score (nSPS) is 11.2. The molecule has 8 heteroatoms. The first-order chi connectivity index (χ1) is 13.4. The number of anilines is 1. The highest BCUT2D eigenvalue weighted by Crippen LogP contribution is 2.24. The fraction of sp³-hybridized carbons (Fsp3) is 0.350. The van der Waals surface area contributed by atoms with E-state index in [1.54, 1.807) is 12.1 Å². The van der Waals surface area contributed by atoms with Gasteiger partial charge in [0.15, 0.2) is 0 Å². The second-order valence-corrected chi connectivity index (χ2v) is 8.83. The van der Waals surface area contributed by atoms with Crippen LogP contribution >= 0.6 is 15.9 Å². The highest BCUT2D eigenvalue weighted by Gasteiger charge is 2.14. The number of benzene rings is 2. The average molecular weight is 469 g/mol. The predicted molar refractivity (Wildman–Crippen MR) is 114 cm³/mol. The number of hydrogen-bond donors (Lipinski definition) is 2. The zero-order valence-corrected chi connectivity index (χ0v) is 18.2. The van der Waals surface area contributed by atoms with Crippen LogP contribution in [0.5, 0.6) is 5.75 Å². The van der Waals surface area contributed by atoms with Gasteiger partial charge in [-0.05, 0) is 59.1 Å². The standard InChI is InChI=1S/C20H25BrN2O4S/c1-2-3-13-22-28(25,26)17-9-6-8-16(15-17)23-20(24)12-7-14-27-19-11-5-4-10-18(19)21/h4-6,8-11,15,22H,2-3,7,12-14H2,1H3,(H,23,24). The zero-order valence-electron chi connectivity index (χ0n) is 15.8. The minimum atomic E-state index is -3.57. The van der Waals surface area contributed by atoms with E-state index in [9.17, 15) is 13.2 Å². The highest BCUT2D eigenvalue weighted by atomic mass is 79.9. The van der Waals surface area contributed by atoms with Crippen LogP contribution in [0.25, 0.3) is 0 Å². The number of nitrogens with one attached hydrogen (secondary N) is 2. The van der Waals surface area contributed by atoms with Crippen LogP contribution in [0, 0.1) is 0 Å². The molecule has 2 N–H and O–H groups in total. The molecular formula is C20H25BrN2O4S. The lowest BCUT2D eigenvalue weighted by Gasteiger charge is -2.10. The molecule has 0 heterocycles. The molecule has 0 radical (unpaired) electrons. The molecule has 2 aromatic carbocycles. The smallest absolute Gasteiger partial charge is 0.240 e. The summed E-state index contributed by atoms with van der Waals surface area (Å²) >= 11 is 3.41. The number of para-hydroxylation sites is 1. The number of halogens is 1. The second kappa shape index (κ2) is 11.2. The molecule has 0 aromatic heterocycles. The quantitative estimate of drug-likeness (QED) is 0.480. The highest BCUT2D eigenvalue weighted by molar-refractivity contribution is 9.10. The van der Waals surface area contributed by atoms with Crippen molar-refractivity contribution in [1.29, 1.82) is 0 Å². The summed E-state index contributed by atoms with van der Waals surface area (Å²) in [5.41, 5.74) is 0.454. The number of amides is 1. The summed E-state index contributed by atoms with van der Waals surface area (Å²) in [6, 6.07) is 13.8. The summed E-state index contributed by atoms with van der Waals surface area (Å²) in [6.45, 7) is 2.80. The first-order valence-electron chi connectivity index (χ1n) is 9.19. The molecule has 0 aliphatic rings. The van der Waals surface area contributed by atoms with Crippen LogP contribution in [0.15, 0.2) is 57.9 Å². The van der Waals surface area contributed by atoms with Crippen LogP contribution in [-0.4, -0.2) is 27.5 Å². The fourth-order valence-corrected chi connectivity index (χ4v) is 3.93. The van der Waals surface area contributed by atoms with Gasteiger partial charge in [-0.2, -0.15) is 0 Å². The molecule has 0 bridgehead atoms. The van der Waals surface area contributed by atoms with Gasteiger partial charge in [-0.1, -0.05) is 31.5 Å². The van der Waals surface area contributed by atoms with Crippen molar-refractivity contribution in [2.45, 2.75) is 37.5 Å². The molecule has 6 nitrogen and oxygen atoms in total. The van der Waals surface area contributed by atoms with Crippen molar-refractivity contribution in [2.24, 2.45) is 0 Å². The predicted octanol–water partition coefficient (Wildman–Crippen LogP) is 4.33. The number of hydrogen-bond acceptors (Lipinski definition) is 4. The molecule has 0 saturated carbocycles. The van der Waals surface area contributed by atoms with Gasteiger partial charge in [0.2, 0.25) is 15.9 Å². The molecule has 0 atom stereocenters. The largest absolute Gasteiger partial charge is 0.492 e. The Morgan fingerprint density at radius 3 is 2.64 bits per heavy atom. The van der Waals surface area contributed by atoms with Gasteiger partial charge >= 0.3 is 0 Å². The third kappa shape index (κ3) is 7.26. The van der Waals surface area contributed by atoms with Crippen LogP contribution in [0.3, 0.4) is 0 Å². The van der Waals surface area contributed by atoms with E-state index >= 15 is 0 Å². The van der Waals surface area contributed by atoms with Crippen LogP contribution in [0.4, 0.5) is 5.69 Å². The molecular weight excluding hydrogens is 444 g/mol. The van der Waals surface area contributed by atoms with Crippen LogP contribution in [-0.2, 0) is 14.8 Å². The van der Waals surface area contributed by atoms with Crippen molar-refractivity contribution in [3.63, 3.8) is 0 Å². The first-order valence-corrected chi connectivity index (χ1v) is 11.5. The number of ether oxygens (including phenoxy) is 1. The molecule has 0 spiro atoms. The SMILES string of the molecule is CCCCNS(=O)(=O)c1cccc(NC(=O)CCCOc2ccccc2Br)c1. The van der Waals surface area contributed by atoms with Crippen LogP contribution in [0.1, 0.15) is 32.6 Å². The zero-order chi connectivity index (χ0) is 20.4. The number of carbonyl (C=O) groups is 1. The van der Waals surface area contributed by atoms with E-state index in [1.165, 1.54) is 12.1 Å². The maximum atomic E-state index is 12.3. The summed E-state index contributed by atoms with van der Waals surface area (Å²) in [6.07, 6.45) is 2.50. The Kier molecular flexibility index (Phi) is 8.95. The van der Waals surface area contributed by atoms with Crippen molar-refractivity contribution in [2.75, 3.05) is 18.5 Å². The number of rotatable bonds is 11. The van der Waals surface area contributed by atoms with Crippen LogP contribution in [0.2, 0.25) is 0 Å². The van der Waals surface area contributed by atoms with Crippen LogP contribution < -0.4 is 14.8 Å². The van der Waals surface area contributed by atoms with E-state index in [2.05, 4.69) is 26.0 Å². The Hall–Kier alpha value is -1.90. The number of carbonyl (C=O) groups excluding carboxylic acids is 1. The molecule has 0 aliphatic heterocycles. The first kappa shape index (κ1) is 22.4. The summed E-state index contributed by atoms with van der Waals surface area (Å²) in [4.78, 5) is 12.3. The third-order valence-electron chi connectivity index (χ3n) is 3.89. The Bertz CT molecular complexity index is 887. The Morgan fingerprint density at radius 1 is 1.11 bits per heavy atom. The van der Waals surface area contributed by atoms with Gasteiger partial charge in [-0.3, -0.25) is 4.79 Å². The Morgan fingerprint density at radius 2 is 1.89 bits per heavy atom. The van der Waals surface area contributed by atoms with E-state index in [0.717, 1.165) is 23.1 Å². The van der Waals surface area contributed by atoms with Gasteiger partial charge < -0.3 is 10.1 Å². The van der Waals surface area contributed by atoms with E-state index in [4.69, 9.17) is 4.74 Å². The van der Waals surface area contributed by atoms with E-state index in [0.29, 0.717) is 25.3 Å². The summed E-state index contributed by atoms with van der Waals surface area (Å²) < 4.78 is 33.6. The molecule has 1 amide bonds.